The number of aromatic nitrogens is 2. The number of benzene rings is 6. The Morgan fingerprint density at radius 2 is 0.875 bits per heavy atom. The van der Waals surface area contributed by atoms with E-state index in [1.807, 2.05) is 109 Å². The lowest BCUT2D eigenvalue weighted by Crippen LogP contribution is -1.92. The molecule has 2 aromatic heterocycles. The zero-order valence-electron chi connectivity index (χ0n) is 21.0. The molecule has 0 saturated heterocycles. The molecule has 6 aromatic carbocycles. The Bertz CT molecular complexity index is 2040. The van der Waals surface area contributed by atoms with Crippen molar-refractivity contribution in [2.45, 2.75) is 0 Å². The zero-order valence-corrected chi connectivity index (χ0v) is 22.6. The summed E-state index contributed by atoms with van der Waals surface area (Å²) in [5.41, 5.74) is 4.24. The molecule has 190 valence electrons. The van der Waals surface area contributed by atoms with Crippen LogP contribution in [-0.4, -0.2) is 20.2 Å². The first-order valence-corrected chi connectivity index (χ1v) is 14.5. The maximum atomic E-state index is 12.0. The lowest BCUT2D eigenvalue weighted by Gasteiger charge is -2.18. The summed E-state index contributed by atoms with van der Waals surface area (Å²) in [7, 11) is 0. The van der Waals surface area contributed by atoms with Gasteiger partial charge in [-0.2, -0.15) is 0 Å². The highest BCUT2D eigenvalue weighted by atomic mass is 32.1. The van der Waals surface area contributed by atoms with E-state index < -0.39 is 0 Å². The summed E-state index contributed by atoms with van der Waals surface area (Å²) in [5.74, 6) is 0.194. The van der Waals surface area contributed by atoms with Gasteiger partial charge in [0.2, 0.25) is 0 Å². The molecule has 0 aliphatic heterocycles. The first kappa shape index (κ1) is 23.1. The number of hydrogen-bond donors (Lipinski definition) is 2. The van der Waals surface area contributed by atoms with Crippen LogP contribution in [0.5, 0.6) is 11.5 Å². The van der Waals surface area contributed by atoms with Crippen LogP contribution in [0.2, 0.25) is 0 Å². The number of thiazole rings is 2. The molecular weight excluding hydrogens is 533 g/mol. The van der Waals surface area contributed by atoms with E-state index in [0.717, 1.165) is 52.0 Å². The molecule has 0 amide bonds. The molecule has 2 heterocycles. The maximum absolute atomic E-state index is 12.0. The average Bonchev–Trinajstić information content (AvgIpc) is 3.62. The Kier molecular flexibility index (Phi) is 5.14. The zero-order chi connectivity index (χ0) is 26.8. The molecule has 40 heavy (non-hydrogen) atoms. The highest BCUT2D eigenvalue weighted by Gasteiger charge is 2.25. The first-order chi connectivity index (χ1) is 19.7. The second-order valence-electron chi connectivity index (χ2n) is 9.71. The van der Waals surface area contributed by atoms with Gasteiger partial charge in [-0.15, -0.1) is 22.7 Å². The molecular formula is C34H20N2O2S2. The third-order valence-electron chi connectivity index (χ3n) is 7.34. The van der Waals surface area contributed by atoms with Crippen LogP contribution in [0.1, 0.15) is 0 Å². The molecule has 6 heteroatoms. The van der Waals surface area contributed by atoms with Gasteiger partial charge in [-0.05, 0) is 57.9 Å². The topological polar surface area (TPSA) is 66.2 Å². The number of rotatable bonds is 3. The predicted molar refractivity (Wildman–Crippen MR) is 167 cm³/mol. The minimum Gasteiger partial charge on any atom is -0.507 e. The summed E-state index contributed by atoms with van der Waals surface area (Å²) in [6.45, 7) is 0. The average molecular weight is 553 g/mol. The van der Waals surface area contributed by atoms with Crippen molar-refractivity contribution in [2.24, 2.45) is 0 Å². The van der Waals surface area contributed by atoms with Crippen molar-refractivity contribution in [1.82, 2.24) is 9.97 Å². The summed E-state index contributed by atoms with van der Waals surface area (Å²) >= 11 is 3.09. The first-order valence-electron chi connectivity index (χ1n) is 12.9. The molecule has 0 atom stereocenters. The third-order valence-corrected chi connectivity index (χ3v) is 9.48. The predicted octanol–water partition coefficient (Wildman–Crippen LogP) is 9.62. The number of aromatic hydroxyl groups is 2. The van der Waals surface area contributed by atoms with E-state index in [-0.39, 0.29) is 11.5 Å². The van der Waals surface area contributed by atoms with Crippen LogP contribution in [0.3, 0.4) is 0 Å². The molecule has 8 rings (SSSR count). The lowest BCUT2D eigenvalue weighted by atomic mass is 9.89. The quantitative estimate of drug-likeness (QED) is 0.229. The van der Waals surface area contributed by atoms with Crippen LogP contribution in [0.25, 0.3) is 74.2 Å². The Morgan fingerprint density at radius 1 is 0.475 bits per heavy atom. The van der Waals surface area contributed by atoms with Gasteiger partial charge in [0.05, 0.1) is 31.6 Å². The number of fused-ring (bicyclic) bond motifs is 4. The van der Waals surface area contributed by atoms with Gasteiger partial charge < -0.3 is 10.2 Å². The third kappa shape index (κ3) is 3.50. The SMILES string of the molecule is Oc1c(-c2nc3ccccc3s2)cc2ccccc2c1-c1c(O)c(-c2nc3ccccc3s2)cc2ccccc12. The van der Waals surface area contributed by atoms with Gasteiger partial charge in [-0.25, -0.2) is 9.97 Å². The second-order valence-corrected chi connectivity index (χ2v) is 11.8. The van der Waals surface area contributed by atoms with Crippen LogP contribution in [0, 0.1) is 0 Å². The van der Waals surface area contributed by atoms with Crippen LogP contribution in [-0.2, 0) is 0 Å². The van der Waals surface area contributed by atoms with Crippen LogP contribution in [0.4, 0.5) is 0 Å². The molecule has 0 unspecified atom stereocenters. The van der Waals surface area contributed by atoms with E-state index in [1.54, 1.807) is 22.7 Å². The van der Waals surface area contributed by atoms with Crippen LogP contribution >= 0.6 is 22.7 Å². The second kappa shape index (κ2) is 8.88. The number of nitrogens with zero attached hydrogens (tertiary/aromatic N) is 2. The minimum atomic E-state index is 0.0969. The monoisotopic (exact) mass is 552 g/mol. The van der Waals surface area contributed by atoms with Gasteiger partial charge in [0.1, 0.15) is 21.5 Å². The molecule has 0 aliphatic carbocycles. The Balaban J connectivity index is 1.48. The number of para-hydroxylation sites is 2. The molecule has 0 spiro atoms. The smallest absolute Gasteiger partial charge is 0.134 e. The van der Waals surface area contributed by atoms with Gasteiger partial charge >= 0.3 is 0 Å². The van der Waals surface area contributed by atoms with E-state index in [1.165, 1.54) is 0 Å². The fraction of sp³-hybridized carbons (Fsp3) is 0. The van der Waals surface area contributed by atoms with Crippen molar-refractivity contribution >= 4 is 64.7 Å². The number of phenols is 2. The van der Waals surface area contributed by atoms with Crippen molar-refractivity contribution in [3.05, 3.63) is 109 Å². The number of phenolic OH excluding ortho intramolecular Hbond substituents is 2. The van der Waals surface area contributed by atoms with Crippen molar-refractivity contribution in [3.8, 4) is 43.8 Å². The number of hydrogen-bond acceptors (Lipinski definition) is 6. The van der Waals surface area contributed by atoms with E-state index in [0.29, 0.717) is 22.3 Å². The summed E-state index contributed by atoms with van der Waals surface area (Å²) in [4.78, 5) is 9.69. The van der Waals surface area contributed by atoms with Crippen molar-refractivity contribution < 1.29 is 10.2 Å². The molecule has 0 radical (unpaired) electrons. The molecule has 2 N–H and O–H groups in total. The fourth-order valence-corrected chi connectivity index (χ4v) is 7.45. The van der Waals surface area contributed by atoms with Gasteiger partial charge in [0.25, 0.3) is 0 Å². The van der Waals surface area contributed by atoms with Gasteiger partial charge in [-0.1, -0.05) is 72.8 Å². The van der Waals surface area contributed by atoms with Gasteiger partial charge in [0.15, 0.2) is 0 Å². The molecule has 0 aliphatic rings. The van der Waals surface area contributed by atoms with Crippen LogP contribution in [0.15, 0.2) is 109 Å². The van der Waals surface area contributed by atoms with Crippen molar-refractivity contribution in [1.29, 1.82) is 0 Å². The van der Waals surface area contributed by atoms with E-state index in [4.69, 9.17) is 9.97 Å². The summed E-state index contributed by atoms with van der Waals surface area (Å²) in [5, 5.41) is 29.1. The standard InChI is InChI=1S/C34H20N2O2S2/c37-31-23(33-35-25-13-5-7-15-27(25)39-33)17-19-9-1-3-11-21(19)29(31)30-22-12-4-2-10-20(22)18-24(32(30)38)34-36-26-14-6-8-16-28(26)40-34/h1-18,37-38H. The summed E-state index contributed by atoms with van der Waals surface area (Å²) in [6, 6.07) is 35.9. The van der Waals surface area contributed by atoms with E-state index in [2.05, 4.69) is 0 Å². The molecule has 4 nitrogen and oxygen atoms in total. The van der Waals surface area contributed by atoms with Crippen molar-refractivity contribution in [2.75, 3.05) is 0 Å². The Morgan fingerprint density at radius 3 is 1.32 bits per heavy atom. The summed E-state index contributed by atoms with van der Waals surface area (Å²) < 4.78 is 2.11. The molecule has 0 saturated carbocycles. The Labute approximate surface area is 237 Å². The largest absolute Gasteiger partial charge is 0.507 e. The fourth-order valence-electron chi connectivity index (χ4n) is 5.48. The van der Waals surface area contributed by atoms with Gasteiger partial charge in [0, 0.05) is 11.1 Å². The highest BCUT2D eigenvalue weighted by Crippen LogP contribution is 2.52. The normalized spacial score (nSPS) is 11.7. The van der Waals surface area contributed by atoms with Gasteiger partial charge in [-0.3, -0.25) is 0 Å². The Hall–Kier alpha value is -4.78. The van der Waals surface area contributed by atoms with E-state index in [9.17, 15) is 10.2 Å². The highest BCUT2D eigenvalue weighted by molar-refractivity contribution is 7.22. The summed E-state index contributed by atoms with van der Waals surface area (Å²) in [6.07, 6.45) is 0. The molecule has 8 aromatic rings. The van der Waals surface area contributed by atoms with E-state index >= 15 is 0 Å². The lowest BCUT2D eigenvalue weighted by molar-refractivity contribution is 0.472. The molecule has 0 bridgehead atoms. The van der Waals surface area contributed by atoms with Crippen molar-refractivity contribution in [3.63, 3.8) is 0 Å². The van der Waals surface area contributed by atoms with Crippen LogP contribution < -0.4 is 0 Å². The maximum Gasteiger partial charge on any atom is 0.134 e. The minimum absolute atomic E-state index is 0.0969. The molecule has 0 fully saturated rings.